The first-order valence-corrected chi connectivity index (χ1v) is 6.29. The second-order valence-corrected chi connectivity index (χ2v) is 5.21. The van der Waals surface area contributed by atoms with Crippen molar-refractivity contribution >= 4 is 11.6 Å². The van der Waals surface area contributed by atoms with Crippen molar-refractivity contribution in [2.75, 3.05) is 7.11 Å². The van der Waals surface area contributed by atoms with E-state index >= 15 is 0 Å². The van der Waals surface area contributed by atoms with Gasteiger partial charge in [-0.1, -0.05) is 25.4 Å². The Hall–Kier alpha value is -1.24. The first kappa shape index (κ1) is 14.8. The van der Waals surface area contributed by atoms with E-state index in [1.165, 1.54) is 0 Å². The number of halogens is 1. The van der Waals surface area contributed by atoms with Crippen LogP contribution in [0.4, 0.5) is 0 Å². The van der Waals surface area contributed by atoms with Gasteiger partial charge in [0.1, 0.15) is 5.75 Å². The first-order valence-electron chi connectivity index (χ1n) is 5.91. The number of ether oxygens (including phenoxy) is 1. The summed E-state index contributed by atoms with van der Waals surface area (Å²) in [6.45, 7) is 5.88. The molecule has 1 aromatic carbocycles. The molecule has 0 aromatic heterocycles. The minimum Gasteiger partial charge on any atom is -0.496 e. The molecule has 1 rings (SSSR count). The molecule has 0 aliphatic rings. The molecule has 0 aliphatic heterocycles. The van der Waals surface area contributed by atoms with Crippen LogP contribution >= 0.6 is 11.6 Å². The van der Waals surface area contributed by atoms with Crippen molar-refractivity contribution in [2.45, 2.75) is 26.8 Å². The zero-order chi connectivity index (χ0) is 13.9. The fourth-order valence-corrected chi connectivity index (χ4v) is 2.40. The Labute approximate surface area is 114 Å². The summed E-state index contributed by atoms with van der Waals surface area (Å²) in [6, 6.07) is 5.48. The van der Waals surface area contributed by atoms with Crippen LogP contribution in [0.5, 0.6) is 5.75 Å². The van der Waals surface area contributed by atoms with Crippen LogP contribution in [-0.4, -0.2) is 7.11 Å². The fourth-order valence-electron chi connectivity index (χ4n) is 2.12. The molecule has 2 atom stereocenters. The number of nitrogens with two attached hydrogens (primary N) is 1. The minimum atomic E-state index is -0.401. The number of hydrogen-bond acceptors (Lipinski definition) is 3. The fraction of sp³-hybridized carbons (Fsp3) is 0.500. The largest absolute Gasteiger partial charge is 0.496 e. The number of methoxy groups -OCH3 is 1. The summed E-state index contributed by atoms with van der Waals surface area (Å²) >= 11 is 6.06. The van der Waals surface area contributed by atoms with Gasteiger partial charge < -0.3 is 10.5 Å². The van der Waals surface area contributed by atoms with E-state index in [2.05, 4.69) is 6.07 Å². The smallest absolute Gasteiger partial charge is 0.126 e. The van der Waals surface area contributed by atoms with E-state index in [1.54, 1.807) is 13.2 Å². The average molecular weight is 267 g/mol. The molecule has 0 saturated carbocycles. The Morgan fingerprint density at radius 2 is 2.00 bits per heavy atom. The maximum atomic E-state index is 9.23. The van der Waals surface area contributed by atoms with Crippen LogP contribution in [0.3, 0.4) is 0 Å². The summed E-state index contributed by atoms with van der Waals surface area (Å²) in [5, 5.41) is 9.84. The Balaban J connectivity index is 3.28. The Kier molecular flexibility index (Phi) is 5.01. The number of aryl methyl sites for hydroxylation is 1. The molecule has 4 heteroatoms. The van der Waals surface area contributed by atoms with E-state index in [1.807, 2.05) is 26.8 Å². The number of hydrogen-bond donors (Lipinski definition) is 1. The highest BCUT2D eigenvalue weighted by Gasteiger charge is 2.26. The Bertz CT molecular complexity index is 466. The van der Waals surface area contributed by atoms with Gasteiger partial charge in [0.05, 0.1) is 19.1 Å². The zero-order valence-electron chi connectivity index (χ0n) is 11.2. The highest BCUT2D eigenvalue weighted by molar-refractivity contribution is 6.30. The van der Waals surface area contributed by atoms with Gasteiger partial charge in [-0.3, -0.25) is 0 Å². The summed E-state index contributed by atoms with van der Waals surface area (Å²) in [5.41, 5.74) is 7.92. The van der Waals surface area contributed by atoms with Gasteiger partial charge in [0.2, 0.25) is 0 Å². The third kappa shape index (κ3) is 2.95. The topological polar surface area (TPSA) is 59.0 Å². The number of nitriles is 1. The van der Waals surface area contributed by atoms with Crippen LogP contribution in [0, 0.1) is 30.1 Å². The molecule has 0 radical (unpaired) electrons. The number of benzene rings is 1. The minimum absolute atomic E-state index is 0.175. The Morgan fingerprint density at radius 3 is 2.44 bits per heavy atom. The predicted molar refractivity (Wildman–Crippen MR) is 73.6 cm³/mol. The standard InChI is InChI=1S/C14H19ClN2O/c1-8(2)12(7-16)13(17)11-6-10(15)5-9(3)14(11)18-4/h5-6,8,12-13H,17H2,1-4H3. The van der Waals surface area contributed by atoms with Crippen molar-refractivity contribution in [3.8, 4) is 11.8 Å². The van der Waals surface area contributed by atoms with Crippen molar-refractivity contribution in [3.05, 3.63) is 28.3 Å². The van der Waals surface area contributed by atoms with Crippen molar-refractivity contribution in [1.29, 1.82) is 5.26 Å². The van der Waals surface area contributed by atoms with Gasteiger partial charge in [-0.15, -0.1) is 0 Å². The van der Waals surface area contributed by atoms with Crippen LogP contribution < -0.4 is 10.5 Å². The van der Waals surface area contributed by atoms with Crippen LogP contribution in [0.25, 0.3) is 0 Å². The van der Waals surface area contributed by atoms with Crippen molar-refractivity contribution in [2.24, 2.45) is 17.6 Å². The first-order chi connectivity index (χ1) is 8.42. The molecule has 0 amide bonds. The van der Waals surface area contributed by atoms with Crippen LogP contribution in [-0.2, 0) is 0 Å². The lowest BCUT2D eigenvalue weighted by atomic mass is 9.85. The maximum Gasteiger partial charge on any atom is 0.126 e. The van der Waals surface area contributed by atoms with Gasteiger partial charge >= 0.3 is 0 Å². The molecule has 3 nitrogen and oxygen atoms in total. The van der Waals surface area contributed by atoms with E-state index in [0.717, 1.165) is 11.1 Å². The number of nitrogens with zero attached hydrogens (tertiary/aromatic N) is 1. The van der Waals surface area contributed by atoms with E-state index < -0.39 is 6.04 Å². The summed E-state index contributed by atoms with van der Waals surface area (Å²) in [7, 11) is 1.60. The molecule has 0 fully saturated rings. The molecule has 18 heavy (non-hydrogen) atoms. The lowest BCUT2D eigenvalue weighted by molar-refractivity contribution is 0.371. The molecule has 0 heterocycles. The average Bonchev–Trinajstić information content (AvgIpc) is 2.28. The lowest BCUT2D eigenvalue weighted by Gasteiger charge is -2.24. The maximum absolute atomic E-state index is 9.23. The third-order valence-corrected chi connectivity index (χ3v) is 3.30. The highest BCUT2D eigenvalue weighted by atomic mass is 35.5. The van der Waals surface area contributed by atoms with Gasteiger partial charge in [0, 0.05) is 16.6 Å². The van der Waals surface area contributed by atoms with Crippen molar-refractivity contribution in [3.63, 3.8) is 0 Å². The molecule has 0 aliphatic carbocycles. The lowest BCUT2D eigenvalue weighted by Crippen LogP contribution is -2.25. The molecular formula is C14H19ClN2O. The van der Waals surface area contributed by atoms with Gasteiger partial charge in [-0.2, -0.15) is 5.26 Å². The van der Waals surface area contributed by atoms with Gasteiger partial charge in [-0.25, -0.2) is 0 Å². The van der Waals surface area contributed by atoms with Crippen molar-refractivity contribution in [1.82, 2.24) is 0 Å². The molecule has 98 valence electrons. The van der Waals surface area contributed by atoms with Gasteiger partial charge in [-0.05, 0) is 30.5 Å². The molecule has 2 N–H and O–H groups in total. The van der Waals surface area contributed by atoms with E-state index in [-0.39, 0.29) is 11.8 Å². The van der Waals surface area contributed by atoms with Crippen LogP contribution in [0.1, 0.15) is 31.0 Å². The second kappa shape index (κ2) is 6.08. The summed E-state index contributed by atoms with van der Waals surface area (Å²) in [4.78, 5) is 0. The van der Waals surface area contributed by atoms with Gasteiger partial charge in [0.15, 0.2) is 0 Å². The van der Waals surface area contributed by atoms with Crippen LogP contribution in [0.2, 0.25) is 5.02 Å². The molecular weight excluding hydrogens is 248 g/mol. The summed E-state index contributed by atoms with van der Waals surface area (Å²) < 4.78 is 5.38. The quantitative estimate of drug-likeness (QED) is 0.908. The van der Waals surface area contributed by atoms with Crippen LogP contribution in [0.15, 0.2) is 12.1 Å². The monoisotopic (exact) mass is 266 g/mol. The van der Waals surface area contributed by atoms with E-state index in [4.69, 9.17) is 22.1 Å². The number of rotatable bonds is 4. The van der Waals surface area contributed by atoms with Crippen molar-refractivity contribution < 1.29 is 4.74 Å². The Morgan fingerprint density at radius 1 is 1.39 bits per heavy atom. The normalized spacial score (nSPS) is 14.1. The molecule has 1 aromatic rings. The van der Waals surface area contributed by atoms with E-state index in [0.29, 0.717) is 10.8 Å². The van der Waals surface area contributed by atoms with E-state index in [9.17, 15) is 5.26 Å². The highest BCUT2D eigenvalue weighted by Crippen LogP contribution is 2.35. The predicted octanol–water partition coefficient (Wildman–Crippen LogP) is 3.45. The second-order valence-electron chi connectivity index (χ2n) is 4.77. The summed E-state index contributed by atoms with van der Waals surface area (Å²) in [6.07, 6.45) is 0. The zero-order valence-corrected chi connectivity index (χ0v) is 12.0. The molecule has 0 spiro atoms. The molecule has 2 unspecified atom stereocenters. The SMILES string of the molecule is COc1c(C)cc(Cl)cc1C(N)C(C#N)C(C)C. The third-order valence-electron chi connectivity index (χ3n) is 3.09. The molecule has 0 bridgehead atoms. The van der Waals surface area contributed by atoms with Gasteiger partial charge in [0.25, 0.3) is 0 Å². The summed E-state index contributed by atoms with van der Waals surface area (Å²) in [5.74, 6) is 0.624. The molecule has 0 saturated heterocycles.